The minimum Gasteiger partial charge on any atom is -0.508 e. The second-order valence-corrected chi connectivity index (χ2v) is 26.1. The van der Waals surface area contributed by atoms with Gasteiger partial charge in [0.25, 0.3) is 0 Å². The van der Waals surface area contributed by atoms with Crippen molar-refractivity contribution in [3.05, 3.63) is 29.8 Å². The Kier molecular flexibility index (Phi) is 64.9. The van der Waals surface area contributed by atoms with Crippen molar-refractivity contribution >= 4 is 0 Å². The van der Waals surface area contributed by atoms with Gasteiger partial charge in [-0.15, -0.1) is 0 Å². The van der Waals surface area contributed by atoms with Gasteiger partial charge in [0.1, 0.15) is 5.75 Å². The van der Waals surface area contributed by atoms with E-state index in [1.165, 1.54) is 442 Å². The minimum atomic E-state index is 0.377. The number of phenolic OH excluding ortho intramolecular Hbond substituents is 1. The van der Waals surface area contributed by atoms with E-state index < -0.39 is 0 Å². The second kappa shape index (κ2) is 67.5. The predicted octanol–water partition coefficient (Wildman–Crippen LogP) is 28.5. The van der Waals surface area contributed by atoms with Crippen LogP contribution in [-0.4, -0.2) is 5.11 Å². The van der Waals surface area contributed by atoms with Gasteiger partial charge in [-0.2, -0.15) is 0 Å². The molecule has 0 unspecified atom stereocenters. The zero-order chi connectivity index (χ0) is 54.8. The van der Waals surface area contributed by atoms with Crippen LogP contribution in [0.15, 0.2) is 24.3 Å². The van der Waals surface area contributed by atoms with Crippen molar-refractivity contribution in [1.29, 1.82) is 0 Å². The molecule has 1 nitrogen and oxygen atoms in total. The van der Waals surface area contributed by atoms with Crippen LogP contribution in [0.3, 0.4) is 0 Å². The molecule has 0 radical (unpaired) electrons. The third-order valence-corrected chi connectivity index (χ3v) is 18.3. The number of hydrogen-bond donors (Lipinski definition) is 1. The van der Waals surface area contributed by atoms with Gasteiger partial charge in [-0.05, 0) is 30.5 Å². The molecule has 0 amide bonds. The van der Waals surface area contributed by atoms with Gasteiger partial charge in [0.15, 0.2) is 0 Å². The summed E-state index contributed by atoms with van der Waals surface area (Å²) in [6.07, 6.45) is 102. The molecular formula is C76H146O. The van der Waals surface area contributed by atoms with E-state index in [1.807, 2.05) is 12.1 Å². The Bertz CT molecular complexity index is 1150. The van der Waals surface area contributed by atoms with Crippen LogP contribution in [0.5, 0.6) is 5.75 Å². The summed E-state index contributed by atoms with van der Waals surface area (Å²) in [5, 5.41) is 9.40. The highest BCUT2D eigenvalue weighted by molar-refractivity contribution is 5.25. The molecule has 0 bridgehead atoms. The molecule has 456 valence electrons. The molecular weight excluding hydrogens is 929 g/mol. The number of rotatable bonds is 69. The van der Waals surface area contributed by atoms with Gasteiger partial charge < -0.3 is 5.11 Å². The quantitative estimate of drug-likeness (QED) is 0.0645. The Balaban J connectivity index is 1.59. The van der Waals surface area contributed by atoms with Crippen LogP contribution in [0, 0.1) is 0 Å². The molecule has 0 saturated carbocycles. The number of hydrogen-bond acceptors (Lipinski definition) is 1. The molecule has 1 aromatic rings. The summed E-state index contributed by atoms with van der Waals surface area (Å²) in [6, 6.07) is 7.74. The Morgan fingerprint density at radius 2 is 0.286 bits per heavy atom. The molecule has 0 fully saturated rings. The third kappa shape index (κ3) is 64.1. The second-order valence-electron chi connectivity index (χ2n) is 26.1. The first kappa shape index (κ1) is 74.0. The number of aromatic hydroxyl groups is 1. The molecule has 0 saturated heterocycles. The molecule has 0 atom stereocenters. The van der Waals surface area contributed by atoms with Gasteiger partial charge in [-0.1, -0.05) is 449 Å². The highest BCUT2D eigenvalue weighted by atomic mass is 16.3. The zero-order valence-electron chi connectivity index (χ0n) is 53.5. The van der Waals surface area contributed by atoms with Gasteiger partial charge in [-0.25, -0.2) is 0 Å². The molecule has 1 N–H and O–H groups in total. The smallest absolute Gasteiger partial charge is 0.115 e. The molecule has 77 heavy (non-hydrogen) atoms. The SMILES string of the molecule is CCCCCCCCCCCCCCCCCCCCCCCCCCCCCCCCCCCCCCCCCCCCCCCCCCCCCCCCCCCCCCCCCCCCCCc1ccc(O)cc1. The van der Waals surface area contributed by atoms with Crippen molar-refractivity contribution in [1.82, 2.24) is 0 Å². The average molecular weight is 1080 g/mol. The predicted molar refractivity (Wildman–Crippen MR) is 351 cm³/mol. The van der Waals surface area contributed by atoms with Crippen LogP contribution in [0.1, 0.15) is 449 Å². The Labute approximate surface area is 488 Å². The topological polar surface area (TPSA) is 20.2 Å². The molecule has 0 aliphatic carbocycles. The fraction of sp³-hybridized carbons (Fsp3) is 0.921. The molecule has 0 aliphatic heterocycles. The normalized spacial score (nSPS) is 11.7. The van der Waals surface area contributed by atoms with E-state index >= 15 is 0 Å². The van der Waals surface area contributed by atoms with E-state index in [2.05, 4.69) is 19.1 Å². The Morgan fingerprint density at radius 3 is 0.416 bits per heavy atom. The van der Waals surface area contributed by atoms with Crippen LogP contribution >= 0.6 is 0 Å². The maximum Gasteiger partial charge on any atom is 0.115 e. The number of aryl methyl sites for hydroxylation is 1. The van der Waals surface area contributed by atoms with Crippen LogP contribution < -0.4 is 0 Å². The highest BCUT2D eigenvalue weighted by Crippen LogP contribution is 2.21. The number of benzene rings is 1. The first-order valence-corrected chi connectivity index (χ1v) is 37.1. The standard InChI is InChI=1S/C76H146O/c1-2-3-4-5-6-7-8-9-10-11-12-13-14-15-16-17-18-19-20-21-22-23-24-25-26-27-28-29-30-31-32-33-34-35-36-37-38-39-40-41-42-43-44-45-46-47-48-49-50-51-52-53-54-55-56-57-58-59-60-61-62-63-64-65-66-67-68-69-70-75-71-73-76(77)74-72-75/h71-74,77H,2-70H2,1H3. The van der Waals surface area contributed by atoms with Gasteiger partial charge in [0.05, 0.1) is 0 Å². The van der Waals surface area contributed by atoms with Crippen molar-refractivity contribution in [3.8, 4) is 5.75 Å². The van der Waals surface area contributed by atoms with E-state index in [9.17, 15) is 5.11 Å². The average Bonchev–Trinajstić information content (AvgIpc) is 3.44. The van der Waals surface area contributed by atoms with Gasteiger partial charge in [-0.3, -0.25) is 0 Å². The maximum absolute atomic E-state index is 9.40. The van der Waals surface area contributed by atoms with Crippen LogP contribution in [-0.2, 0) is 6.42 Å². The molecule has 1 rings (SSSR count). The van der Waals surface area contributed by atoms with E-state index in [1.54, 1.807) is 0 Å². The summed E-state index contributed by atoms with van der Waals surface area (Å²) in [7, 11) is 0. The van der Waals surface area contributed by atoms with Crippen LogP contribution in [0.4, 0.5) is 0 Å². The molecule has 1 aromatic carbocycles. The lowest BCUT2D eigenvalue weighted by Gasteiger charge is -2.05. The molecule has 1 heteroatoms. The summed E-state index contributed by atoms with van der Waals surface area (Å²) in [5.41, 5.74) is 1.36. The van der Waals surface area contributed by atoms with E-state index in [-0.39, 0.29) is 0 Å². The molecule has 0 aromatic heterocycles. The van der Waals surface area contributed by atoms with Crippen LogP contribution in [0.2, 0.25) is 0 Å². The lowest BCUT2D eigenvalue weighted by molar-refractivity contribution is 0.475. The third-order valence-electron chi connectivity index (χ3n) is 18.3. The van der Waals surface area contributed by atoms with Crippen LogP contribution in [0.25, 0.3) is 0 Å². The van der Waals surface area contributed by atoms with Gasteiger partial charge in [0, 0.05) is 0 Å². The monoisotopic (exact) mass is 1080 g/mol. The number of phenols is 1. The van der Waals surface area contributed by atoms with E-state index in [0.29, 0.717) is 5.75 Å². The minimum absolute atomic E-state index is 0.377. The van der Waals surface area contributed by atoms with Crippen molar-refractivity contribution in [3.63, 3.8) is 0 Å². The summed E-state index contributed by atoms with van der Waals surface area (Å²) in [6.45, 7) is 2.31. The summed E-state index contributed by atoms with van der Waals surface area (Å²) < 4.78 is 0. The summed E-state index contributed by atoms with van der Waals surface area (Å²) >= 11 is 0. The first-order chi connectivity index (χ1) is 38.3. The Morgan fingerprint density at radius 1 is 0.169 bits per heavy atom. The first-order valence-electron chi connectivity index (χ1n) is 37.1. The zero-order valence-corrected chi connectivity index (χ0v) is 53.5. The summed E-state index contributed by atoms with van der Waals surface area (Å²) in [5.74, 6) is 0.377. The van der Waals surface area contributed by atoms with E-state index in [0.717, 1.165) is 6.42 Å². The Hall–Kier alpha value is -0.980. The lowest BCUT2D eigenvalue weighted by atomic mass is 10.0. The van der Waals surface area contributed by atoms with Gasteiger partial charge >= 0.3 is 0 Å². The van der Waals surface area contributed by atoms with Crippen molar-refractivity contribution < 1.29 is 5.11 Å². The fourth-order valence-electron chi connectivity index (χ4n) is 12.7. The summed E-state index contributed by atoms with van der Waals surface area (Å²) in [4.78, 5) is 0. The molecule has 0 aliphatic rings. The lowest BCUT2D eigenvalue weighted by Crippen LogP contribution is -1.86. The largest absolute Gasteiger partial charge is 0.508 e. The van der Waals surface area contributed by atoms with Crippen molar-refractivity contribution in [2.24, 2.45) is 0 Å². The van der Waals surface area contributed by atoms with Crippen molar-refractivity contribution in [2.75, 3.05) is 0 Å². The maximum atomic E-state index is 9.40. The molecule has 0 heterocycles. The van der Waals surface area contributed by atoms with E-state index in [4.69, 9.17) is 0 Å². The number of unbranched alkanes of at least 4 members (excludes halogenated alkanes) is 67. The molecule has 0 spiro atoms. The highest BCUT2D eigenvalue weighted by Gasteiger charge is 2.02. The fourth-order valence-corrected chi connectivity index (χ4v) is 12.7. The van der Waals surface area contributed by atoms with Crippen molar-refractivity contribution in [2.45, 2.75) is 450 Å². The van der Waals surface area contributed by atoms with Gasteiger partial charge in [0.2, 0.25) is 0 Å².